The Balaban J connectivity index is 1.88. The molecule has 0 amide bonds. The molecule has 1 aliphatic heterocycles. The highest BCUT2D eigenvalue weighted by Crippen LogP contribution is 2.26. The van der Waals surface area contributed by atoms with Gasteiger partial charge in [0.25, 0.3) is 0 Å². The molecule has 0 saturated heterocycles. The Bertz CT molecular complexity index is 314. The Morgan fingerprint density at radius 1 is 1.40 bits per heavy atom. The van der Waals surface area contributed by atoms with Gasteiger partial charge in [-0.05, 0) is 24.5 Å². The van der Waals surface area contributed by atoms with Crippen LogP contribution in [0.5, 0.6) is 5.75 Å². The summed E-state index contributed by atoms with van der Waals surface area (Å²) < 4.78 is 5.88. The number of hydrogen-bond acceptors (Lipinski definition) is 3. The second-order valence-corrected chi connectivity index (χ2v) is 3.88. The zero-order chi connectivity index (χ0) is 10.5. The average Bonchev–Trinajstić information content (AvgIpc) is 2.29. The maximum Gasteiger partial charge on any atom is 0.122 e. The van der Waals surface area contributed by atoms with Gasteiger partial charge in [0.15, 0.2) is 0 Å². The predicted octanol–water partition coefficient (Wildman–Crippen LogP) is 0.928. The summed E-state index contributed by atoms with van der Waals surface area (Å²) >= 11 is 0. The fourth-order valence-corrected chi connectivity index (χ4v) is 1.89. The van der Waals surface area contributed by atoms with E-state index in [1.54, 1.807) is 0 Å². The van der Waals surface area contributed by atoms with E-state index < -0.39 is 0 Å². The fraction of sp³-hybridized carbons (Fsp3) is 0.500. The highest BCUT2D eigenvalue weighted by atomic mass is 16.5. The lowest BCUT2D eigenvalue weighted by Gasteiger charge is -2.26. The highest BCUT2D eigenvalue weighted by Gasteiger charge is 2.18. The van der Waals surface area contributed by atoms with Crippen molar-refractivity contribution in [2.24, 2.45) is 5.73 Å². The zero-order valence-electron chi connectivity index (χ0n) is 8.91. The number of nitrogens with one attached hydrogen (secondary N) is 1. The monoisotopic (exact) mass is 206 g/mol. The number of aryl methyl sites for hydroxylation is 1. The second kappa shape index (κ2) is 5.14. The van der Waals surface area contributed by atoms with Crippen molar-refractivity contribution in [1.29, 1.82) is 0 Å². The lowest BCUT2D eigenvalue weighted by Crippen LogP contribution is -2.36. The summed E-state index contributed by atoms with van der Waals surface area (Å²) in [7, 11) is 0. The van der Waals surface area contributed by atoms with Crippen LogP contribution in [-0.4, -0.2) is 25.7 Å². The molecular formula is C12H18N2O. The van der Waals surface area contributed by atoms with Crippen molar-refractivity contribution >= 4 is 0 Å². The van der Waals surface area contributed by atoms with Crippen LogP contribution < -0.4 is 15.8 Å². The third-order valence-electron chi connectivity index (χ3n) is 2.70. The Morgan fingerprint density at radius 3 is 3.13 bits per heavy atom. The zero-order valence-corrected chi connectivity index (χ0v) is 8.91. The maximum absolute atomic E-state index is 5.88. The van der Waals surface area contributed by atoms with E-state index in [2.05, 4.69) is 17.4 Å². The van der Waals surface area contributed by atoms with Crippen LogP contribution in [-0.2, 0) is 6.42 Å². The largest absolute Gasteiger partial charge is 0.489 e. The number of nitrogens with two attached hydrogens (primary N) is 1. The first-order chi connectivity index (χ1) is 7.40. The minimum atomic E-state index is 0.298. The van der Waals surface area contributed by atoms with Crippen LogP contribution >= 0.6 is 0 Å². The molecule has 15 heavy (non-hydrogen) atoms. The lowest BCUT2D eigenvalue weighted by molar-refractivity contribution is 0.171. The normalized spacial score (nSPS) is 19.4. The van der Waals surface area contributed by atoms with Gasteiger partial charge >= 0.3 is 0 Å². The van der Waals surface area contributed by atoms with Crippen LogP contribution in [0.1, 0.15) is 12.0 Å². The molecule has 0 saturated carbocycles. The molecule has 0 bridgehead atoms. The molecule has 1 aromatic rings. The van der Waals surface area contributed by atoms with E-state index in [1.165, 1.54) is 5.56 Å². The van der Waals surface area contributed by atoms with Crippen molar-refractivity contribution < 1.29 is 4.74 Å². The van der Waals surface area contributed by atoms with Crippen molar-refractivity contribution in [3.63, 3.8) is 0 Å². The number of fused-ring (bicyclic) bond motifs is 1. The molecule has 3 N–H and O–H groups in total. The Labute approximate surface area is 90.6 Å². The summed E-state index contributed by atoms with van der Waals surface area (Å²) in [5.74, 6) is 1.04. The molecule has 0 aliphatic carbocycles. The quantitative estimate of drug-likeness (QED) is 0.720. The molecule has 82 valence electrons. The number of rotatable bonds is 4. The number of ether oxygens (including phenoxy) is 1. The summed E-state index contributed by atoms with van der Waals surface area (Å²) in [5, 5.41) is 3.29. The second-order valence-electron chi connectivity index (χ2n) is 3.88. The standard InChI is InChI=1S/C12H18N2O/c13-7-8-14-9-11-6-5-10-3-1-2-4-12(10)15-11/h1-4,11,14H,5-9,13H2. The Kier molecular flexibility index (Phi) is 3.59. The average molecular weight is 206 g/mol. The van der Waals surface area contributed by atoms with Gasteiger partial charge in [0.2, 0.25) is 0 Å². The van der Waals surface area contributed by atoms with Gasteiger partial charge in [0, 0.05) is 19.6 Å². The smallest absolute Gasteiger partial charge is 0.122 e. The van der Waals surface area contributed by atoms with Crippen LogP contribution in [0.25, 0.3) is 0 Å². The maximum atomic E-state index is 5.88. The van der Waals surface area contributed by atoms with Gasteiger partial charge in [-0.2, -0.15) is 0 Å². The van der Waals surface area contributed by atoms with Gasteiger partial charge in [0.05, 0.1) is 0 Å². The molecule has 1 atom stereocenters. The highest BCUT2D eigenvalue weighted by molar-refractivity contribution is 5.35. The first-order valence-corrected chi connectivity index (χ1v) is 5.55. The van der Waals surface area contributed by atoms with E-state index >= 15 is 0 Å². The van der Waals surface area contributed by atoms with E-state index in [0.29, 0.717) is 12.6 Å². The molecule has 1 heterocycles. The van der Waals surface area contributed by atoms with E-state index in [1.807, 2.05) is 12.1 Å². The van der Waals surface area contributed by atoms with Gasteiger partial charge in [0.1, 0.15) is 11.9 Å². The third kappa shape index (κ3) is 2.70. The number of para-hydroxylation sites is 1. The summed E-state index contributed by atoms with van der Waals surface area (Å²) in [6.45, 7) is 2.44. The predicted molar refractivity (Wildman–Crippen MR) is 61.1 cm³/mol. The number of hydrogen-bond donors (Lipinski definition) is 2. The van der Waals surface area contributed by atoms with E-state index in [4.69, 9.17) is 10.5 Å². The van der Waals surface area contributed by atoms with Gasteiger partial charge < -0.3 is 15.8 Å². The fourth-order valence-electron chi connectivity index (χ4n) is 1.89. The van der Waals surface area contributed by atoms with Crippen molar-refractivity contribution in [2.45, 2.75) is 18.9 Å². The Hall–Kier alpha value is -1.06. The number of benzene rings is 1. The van der Waals surface area contributed by atoms with E-state index in [-0.39, 0.29) is 0 Å². The molecule has 1 aliphatic rings. The van der Waals surface area contributed by atoms with Crippen LogP contribution in [0.15, 0.2) is 24.3 Å². The third-order valence-corrected chi connectivity index (χ3v) is 2.70. The van der Waals surface area contributed by atoms with Crippen molar-refractivity contribution in [3.05, 3.63) is 29.8 Å². The summed E-state index contributed by atoms with van der Waals surface area (Å²) in [4.78, 5) is 0. The molecule has 3 nitrogen and oxygen atoms in total. The summed E-state index contributed by atoms with van der Waals surface area (Å²) in [6.07, 6.45) is 2.51. The van der Waals surface area contributed by atoms with Crippen molar-refractivity contribution in [2.75, 3.05) is 19.6 Å². The van der Waals surface area contributed by atoms with Gasteiger partial charge in [-0.25, -0.2) is 0 Å². The summed E-state index contributed by atoms with van der Waals surface area (Å²) in [5.41, 5.74) is 6.74. The van der Waals surface area contributed by atoms with Crippen LogP contribution in [0.2, 0.25) is 0 Å². The SMILES string of the molecule is NCCNCC1CCc2ccccc2O1. The topological polar surface area (TPSA) is 47.3 Å². The molecule has 1 aromatic carbocycles. The van der Waals surface area contributed by atoms with E-state index in [0.717, 1.165) is 31.7 Å². The molecule has 1 unspecified atom stereocenters. The molecular weight excluding hydrogens is 188 g/mol. The van der Waals surface area contributed by atoms with Crippen LogP contribution in [0.3, 0.4) is 0 Å². The van der Waals surface area contributed by atoms with Gasteiger partial charge in [-0.15, -0.1) is 0 Å². The molecule has 2 rings (SSSR count). The minimum absolute atomic E-state index is 0.298. The van der Waals surface area contributed by atoms with Crippen LogP contribution in [0.4, 0.5) is 0 Å². The first-order valence-electron chi connectivity index (χ1n) is 5.55. The lowest BCUT2D eigenvalue weighted by atomic mass is 10.0. The van der Waals surface area contributed by atoms with Crippen LogP contribution in [0, 0.1) is 0 Å². The Morgan fingerprint density at radius 2 is 2.27 bits per heavy atom. The van der Waals surface area contributed by atoms with Crippen molar-refractivity contribution in [3.8, 4) is 5.75 Å². The summed E-state index contributed by atoms with van der Waals surface area (Å²) in [6, 6.07) is 8.27. The molecule has 3 heteroatoms. The first kappa shape index (κ1) is 10.5. The van der Waals surface area contributed by atoms with Gasteiger partial charge in [-0.1, -0.05) is 18.2 Å². The molecule has 0 aromatic heterocycles. The van der Waals surface area contributed by atoms with Gasteiger partial charge in [-0.3, -0.25) is 0 Å². The molecule has 0 radical (unpaired) electrons. The van der Waals surface area contributed by atoms with Crippen molar-refractivity contribution in [1.82, 2.24) is 5.32 Å². The minimum Gasteiger partial charge on any atom is -0.489 e. The van der Waals surface area contributed by atoms with E-state index in [9.17, 15) is 0 Å². The molecule has 0 fully saturated rings. The molecule has 0 spiro atoms.